The largest absolute Gasteiger partial charge is 0.462 e. The lowest BCUT2D eigenvalue weighted by Crippen LogP contribution is -2.17. The molecule has 0 bridgehead atoms. The van der Waals surface area contributed by atoms with Crippen LogP contribution in [0.5, 0.6) is 0 Å². The molecule has 0 aliphatic heterocycles. The molecular formula is C27H28N4O5S3. The third kappa shape index (κ3) is 6.75. The highest BCUT2D eigenvalue weighted by Gasteiger charge is 2.24. The molecule has 0 saturated carbocycles. The van der Waals surface area contributed by atoms with Gasteiger partial charge in [0.2, 0.25) is 5.91 Å². The molecule has 1 N–H and O–H groups in total. The van der Waals surface area contributed by atoms with Crippen molar-refractivity contribution in [1.29, 1.82) is 0 Å². The highest BCUT2D eigenvalue weighted by Crippen LogP contribution is 2.36. The van der Waals surface area contributed by atoms with Gasteiger partial charge in [0.25, 0.3) is 0 Å². The monoisotopic (exact) mass is 584 g/mol. The summed E-state index contributed by atoms with van der Waals surface area (Å²) in [6.45, 7) is 5.80. The maximum atomic E-state index is 12.8. The summed E-state index contributed by atoms with van der Waals surface area (Å²) in [6.07, 6.45) is 0. The summed E-state index contributed by atoms with van der Waals surface area (Å²) in [5, 5.41) is 13.5. The molecule has 2 aromatic carbocycles. The first kappa shape index (κ1) is 28.5. The molecule has 4 rings (SSSR count). The zero-order valence-corrected chi connectivity index (χ0v) is 24.4. The standard InChI is InChI=1S/C27H28N4O5S3/c1-5-36-26(33)24-21(19-10-6-17(2)7-11-19)14-37-25(24)28-23(32)15-38-27-30-29-22(31(27)4)16-39(34,35)20-12-8-18(3)9-13-20/h6-14H,5,15-16H2,1-4H3,(H,28,32). The number of amides is 1. The lowest BCUT2D eigenvalue weighted by Gasteiger charge is -2.09. The van der Waals surface area contributed by atoms with Crippen LogP contribution >= 0.6 is 23.1 Å². The van der Waals surface area contributed by atoms with Crippen LogP contribution in [0.2, 0.25) is 0 Å². The van der Waals surface area contributed by atoms with Gasteiger partial charge in [-0.2, -0.15) is 0 Å². The highest BCUT2D eigenvalue weighted by molar-refractivity contribution is 7.99. The van der Waals surface area contributed by atoms with Crippen molar-refractivity contribution in [3.63, 3.8) is 0 Å². The summed E-state index contributed by atoms with van der Waals surface area (Å²) < 4.78 is 32.4. The first-order chi connectivity index (χ1) is 18.6. The van der Waals surface area contributed by atoms with Crippen molar-refractivity contribution in [3.8, 4) is 11.1 Å². The lowest BCUT2D eigenvalue weighted by atomic mass is 10.0. The van der Waals surface area contributed by atoms with Crippen LogP contribution in [-0.2, 0) is 32.2 Å². The number of esters is 1. The molecule has 0 atom stereocenters. The predicted molar refractivity (Wildman–Crippen MR) is 153 cm³/mol. The molecule has 0 fully saturated rings. The number of aryl methyl sites for hydroxylation is 2. The molecule has 0 aliphatic carbocycles. The molecule has 0 aliphatic rings. The minimum absolute atomic E-state index is 0.0171. The van der Waals surface area contributed by atoms with Crippen LogP contribution in [-0.4, -0.2) is 47.4 Å². The Morgan fingerprint density at radius 3 is 2.31 bits per heavy atom. The zero-order chi connectivity index (χ0) is 28.2. The number of aromatic nitrogens is 3. The first-order valence-corrected chi connectivity index (χ1v) is 15.6. The fourth-order valence-corrected chi connectivity index (χ4v) is 6.70. The normalized spacial score (nSPS) is 11.4. The molecule has 39 heavy (non-hydrogen) atoms. The number of benzene rings is 2. The van der Waals surface area contributed by atoms with E-state index in [0.717, 1.165) is 28.5 Å². The summed E-state index contributed by atoms with van der Waals surface area (Å²) in [5.41, 5.74) is 3.91. The van der Waals surface area contributed by atoms with E-state index in [1.165, 1.54) is 11.3 Å². The van der Waals surface area contributed by atoms with Crippen LogP contribution in [0.4, 0.5) is 5.00 Å². The topological polar surface area (TPSA) is 120 Å². The smallest absolute Gasteiger partial charge is 0.341 e. The Hall–Kier alpha value is -3.48. The zero-order valence-electron chi connectivity index (χ0n) is 21.9. The van der Waals surface area contributed by atoms with E-state index in [2.05, 4.69) is 15.5 Å². The summed E-state index contributed by atoms with van der Waals surface area (Å²) >= 11 is 2.37. The van der Waals surface area contributed by atoms with Crippen molar-refractivity contribution in [2.75, 3.05) is 17.7 Å². The van der Waals surface area contributed by atoms with Gasteiger partial charge in [-0.1, -0.05) is 59.3 Å². The van der Waals surface area contributed by atoms with E-state index in [9.17, 15) is 18.0 Å². The summed E-state index contributed by atoms with van der Waals surface area (Å²) in [5.74, 6) is -0.920. The van der Waals surface area contributed by atoms with Crippen LogP contribution in [0.1, 0.15) is 34.2 Å². The number of rotatable bonds is 10. The minimum atomic E-state index is -3.61. The maximum absolute atomic E-state index is 12.8. The van der Waals surface area contributed by atoms with Crippen LogP contribution in [0.3, 0.4) is 0 Å². The van der Waals surface area contributed by atoms with Gasteiger partial charge in [0, 0.05) is 18.0 Å². The molecule has 1 amide bonds. The van der Waals surface area contributed by atoms with E-state index in [-0.39, 0.29) is 34.7 Å². The second kappa shape index (κ2) is 12.1. The molecule has 4 aromatic rings. The van der Waals surface area contributed by atoms with Gasteiger partial charge in [-0.25, -0.2) is 13.2 Å². The average molecular weight is 585 g/mol. The second-order valence-corrected chi connectivity index (χ2v) is 12.6. The van der Waals surface area contributed by atoms with Gasteiger partial charge in [0.1, 0.15) is 22.1 Å². The number of nitrogens with zero attached hydrogens (tertiary/aromatic N) is 3. The van der Waals surface area contributed by atoms with Crippen LogP contribution in [0.25, 0.3) is 11.1 Å². The van der Waals surface area contributed by atoms with E-state index < -0.39 is 15.8 Å². The molecule has 0 spiro atoms. The number of thiophene rings is 1. The maximum Gasteiger partial charge on any atom is 0.341 e. The third-order valence-electron chi connectivity index (χ3n) is 5.84. The van der Waals surface area contributed by atoms with Crippen molar-refractivity contribution in [3.05, 3.63) is 76.4 Å². The number of ether oxygens (including phenoxy) is 1. The Morgan fingerprint density at radius 1 is 1.03 bits per heavy atom. The van der Waals surface area contributed by atoms with Gasteiger partial charge < -0.3 is 14.6 Å². The molecule has 0 saturated heterocycles. The highest BCUT2D eigenvalue weighted by atomic mass is 32.2. The molecular weight excluding hydrogens is 557 g/mol. The Morgan fingerprint density at radius 2 is 1.67 bits per heavy atom. The minimum Gasteiger partial charge on any atom is -0.462 e. The molecule has 0 unspecified atom stereocenters. The number of anilines is 1. The third-order valence-corrected chi connectivity index (χ3v) is 9.39. The molecule has 2 aromatic heterocycles. The van der Waals surface area contributed by atoms with Gasteiger partial charge in [0.05, 0.1) is 17.3 Å². The quantitative estimate of drug-likeness (QED) is 0.203. The Kier molecular flexibility index (Phi) is 8.88. The number of sulfone groups is 1. The fourth-order valence-electron chi connectivity index (χ4n) is 3.69. The number of carbonyl (C=O) groups excluding carboxylic acids is 2. The van der Waals surface area contributed by atoms with E-state index in [4.69, 9.17) is 4.74 Å². The Labute approximate surface area is 235 Å². The van der Waals surface area contributed by atoms with Gasteiger partial charge in [-0.15, -0.1) is 21.5 Å². The molecule has 0 radical (unpaired) electrons. The van der Waals surface area contributed by atoms with Crippen molar-refractivity contribution in [2.45, 2.75) is 36.6 Å². The molecule has 12 heteroatoms. The van der Waals surface area contributed by atoms with Crippen molar-refractivity contribution < 1.29 is 22.7 Å². The molecule has 9 nitrogen and oxygen atoms in total. The SMILES string of the molecule is CCOC(=O)c1c(-c2ccc(C)cc2)csc1NC(=O)CSc1nnc(CS(=O)(=O)c2ccc(C)cc2)n1C. The Balaban J connectivity index is 1.45. The number of hydrogen-bond acceptors (Lipinski definition) is 9. The number of hydrogen-bond donors (Lipinski definition) is 1. The number of thioether (sulfide) groups is 1. The Bertz CT molecular complexity index is 1590. The van der Waals surface area contributed by atoms with E-state index in [0.29, 0.717) is 21.3 Å². The van der Waals surface area contributed by atoms with Crippen LogP contribution in [0, 0.1) is 13.8 Å². The number of nitrogens with one attached hydrogen (secondary N) is 1. The summed E-state index contributed by atoms with van der Waals surface area (Å²) in [6, 6.07) is 14.4. The predicted octanol–water partition coefficient (Wildman–Crippen LogP) is 5.04. The van der Waals surface area contributed by atoms with E-state index >= 15 is 0 Å². The van der Waals surface area contributed by atoms with Crippen molar-refractivity contribution >= 4 is 49.8 Å². The molecule has 2 heterocycles. The summed E-state index contributed by atoms with van der Waals surface area (Å²) in [7, 11) is -1.95. The average Bonchev–Trinajstić information content (AvgIpc) is 3.46. The van der Waals surface area contributed by atoms with Gasteiger partial charge in [-0.3, -0.25) is 4.79 Å². The van der Waals surface area contributed by atoms with Crippen LogP contribution < -0.4 is 5.32 Å². The molecule has 204 valence electrons. The van der Waals surface area contributed by atoms with Crippen molar-refractivity contribution in [2.24, 2.45) is 7.05 Å². The second-order valence-electron chi connectivity index (χ2n) is 8.81. The fraction of sp³-hybridized carbons (Fsp3) is 0.259. The number of carbonyl (C=O) groups is 2. The van der Waals surface area contributed by atoms with E-state index in [1.54, 1.807) is 42.8 Å². The summed E-state index contributed by atoms with van der Waals surface area (Å²) in [4.78, 5) is 25.8. The van der Waals surface area contributed by atoms with Gasteiger partial charge in [-0.05, 0) is 38.5 Å². The lowest BCUT2D eigenvalue weighted by molar-refractivity contribution is -0.113. The first-order valence-electron chi connectivity index (χ1n) is 12.0. The van der Waals surface area contributed by atoms with Gasteiger partial charge >= 0.3 is 5.97 Å². The van der Waals surface area contributed by atoms with Crippen LogP contribution in [0.15, 0.2) is 64.0 Å². The van der Waals surface area contributed by atoms with Crippen molar-refractivity contribution in [1.82, 2.24) is 14.8 Å². The van der Waals surface area contributed by atoms with E-state index in [1.807, 2.05) is 43.5 Å². The van der Waals surface area contributed by atoms with Gasteiger partial charge in [0.15, 0.2) is 15.0 Å².